The molecular weight excluding hydrogens is 288 g/mol. The second-order valence-corrected chi connectivity index (χ2v) is 6.65. The summed E-state index contributed by atoms with van der Waals surface area (Å²) in [6.07, 6.45) is 0.880. The third kappa shape index (κ3) is 6.01. The van der Waals surface area contributed by atoms with Gasteiger partial charge >= 0.3 is 5.97 Å². The molecule has 22 heavy (non-hydrogen) atoms. The van der Waals surface area contributed by atoms with Gasteiger partial charge in [0.15, 0.2) is 0 Å². The van der Waals surface area contributed by atoms with Gasteiger partial charge in [-0.2, -0.15) is 0 Å². The van der Waals surface area contributed by atoms with Gasteiger partial charge in [0.2, 0.25) is 11.8 Å². The first-order chi connectivity index (χ1) is 10.1. The van der Waals surface area contributed by atoms with E-state index in [1.54, 1.807) is 11.9 Å². The number of piperidine rings is 1. The summed E-state index contributed by atoms with van der Waals surface area (Å²) in [6.45, 7) is 6.40. The molecule has 0 radical (unpaired) electrons. The zero-order valence-corrected chi connectivity index (χ0v) is 13.7. The summed E-state index contributed by atoms with van der Waals surface area (Å²) in [5, 5.41) is 11.7. The second-order valence-electron chi connectivity index (χ2n) is 6.65. The first kappa shape index (κ1) is 18.4. The Labute approximate surface area is 131 Å². The number of nitrogens with one attached hydrogen (secondary N) is 1. The van der Waals surface area contributed by atoms with Gasteiger partial charge in [0.25, 0.3) is 0 Å². The molecule has 0 aliphatic carbocycles. The van der Waals surface area contributed by atoms with E-state index in [9.17, 15) is 19.5 Å². The zero-order valence-electron chi connectivity index (χ0n) is 13.7. The predicted molar refractivity (Wildman–Crippen MR) is 80.2 cm³/mol. The molecule has 2 unspecified atom stereocenters. The van der Waals surface area contributed by atoms with E-state index in [2.05, 4.69) is 5.32 Å². The van der Waals surface area contributed by atoms with Gasteiger partial charge in [-0.1, -0.05) is 0 Å². The molecule has 1 aliphatic heterocycles. The van der Waals surface area contributed by atoms with Crippen molar-refractivity contribution in [1.29, 1.82) is 0 Å². The first-order valence-corrected chi connectivity index (χ1v) is 7.51. The van der Waals surface area contributed by atoms with E-state index < -0.39 is 17.9 Å². The van der Waals surface area contributed by atoms with Crippen molar-refractivity contribution >= 4 is 17.8 Å². The minimum Gasteiger partial charge on any atom is -0.480 e. The van der Waals surface area contributed by atoms with Crippen molar-refractivity contribution in [3.05, 3.63) is 0 Å². The van der Waals surface area contributed by atoms with Crippen molar-refractivity contribution in [2.75, 3.05) is 20.2 Å². The van der Waals surface area contributed by atoms with Crippen LogP contribution in [0.2, 0.25) is 0 Å². The Morgan fingerprint density at radius 1 is 1.45 bits per heavy atom. The van der Waals surface area contributed by atoms with Crippen LogP contribution in [0.15, 0.2) is 0 Å². The molecule has 2 N–H and O–H groups in total. The van der Waals surface area contributed by atoms with Gasteiger partial charge in [-0.05, 0) is 27.2 Å². The number of amides is 2. The van der Waals surface area contributed by atoms with E-state index >= 15 is 0 Å². The molecule has 7 nitrogen and oxygen atoms in total. The van der Waals surface area contributed by atoms with Crippen molar-refractivity contribution in [3.8, 4) is 0 Å². The van der Waals surface area contributed by atoms with Crippen LogP contribution in [0.1, 0.15) is 40.0 Å². The molecule has 0 spiro atoms. The molecule has 1 rings (SSSR count). The van der Waals surface area contributed by atoms with Gasteiger partial charge in [-0.15, -0.1) is 0 Å². The number of carbonyl (C=O) groups excluding carboxylic acids is 2. The summed E-state index contributed by atoms with van der Waals surface area (Å²) in [7, 11) is 1.69. The average Bonchev–Trinajstić information content (AvgIpc) is 2.39. The van der Waals surface area contributed by atoms with E-state index in [0.29, 0.717) is 13.0 Å². The number of ether oxygens (including phenoxy) is 1. The molecule has 0 aromatic heterocycles. The Balaban J connectivity index is 2.50. The van der Waals surface area contributed by atoms with Crippen LogP contribution in [-0.2, 0) is 19.1 Å². The first-order valence-electron chi connectivity index (χ1n) is 7.51. The quantitative estimate of drug-likeness (QED) is 0.749. The standard InChI is InChI=1S/C15H26N2O5/c1-15(2,3)22-8-6-11(14(20)21)16-13(19)10-5-7-17(4)12(18)9-10/h10-11H,5-9H2,1-4H3,(H,16,19)(H,20,21). The normalized spacial score (nSPS) is 20.6. The fourth-order valence-corrected chi connectivity index (χ4v) is 2.20. The lowest BCUT2D eigenvalue weighted by Crippen LogP contribution is -2.47. The Morgan fingerprint density at radius 3 is 2.59 bits per heavy atom. The summed E-state index contributed by atoms with van der Waals surface area (Å²) in [5.41, 5.74) is -0.354. The Morgan fingerprint density at radius 2 is 2.09 bits per heavy atom. The van der Waals surface area contributed by atoms with E-state index in [0.717, 1.165) is 0 Å². The molecule has 2 atom stereocenters. The van der Waals surface area contributed by atoms with Gasteiger partial charge in [0.05, 0.1) is 5.60 Å². The van der Waals surface area contributed by atoms with E-state index in [4.69, 9.17) is 4.74 Å². The van der Waals surface area contributed by atoms with E-state index in [-0.39, 0.29) is 36.9 Å². The van der Waals surface area contributed by atoms with Crippen molar-refractivity contribution < 1.29 is 24.2 Å². The molecule has 1 fully saturated rings. The zero-order chi connectivity index (χ0) is 16.9. The van der Waals surface area contributed by atoms with Gasteiger partial charge in [0, 0.05) is 39.0 Å². The number of rotatable bonds is 6. The highest BCUT2D eigenvalue weighted by Crippen LogP contribution is 2.17. The Bertz CT molecular complexity index is 430. The largest absolute Gasteiger partial charge is 0.480 e. The minimum atomic E-state index is -1.09. The number of hydrogen-bond donors (Lipinski definition) is 2. The molecule has 0 saturated carbocycles. The van der Waals surface area contributed by atoms with Crippen LogP contribution in [0.4, 0.5) is 0 Å². The molecule has 126 valence electrons. The van der Waals surface area contributed by atoms with Crippen LogP contribution in [0.25, 0.3) is 0 Å². The molecule has 1 saturated heterocycles. The molecule has 0 aromatic carbocycles. The maximum atomic E-state index is 12.1. The number of carbonyl (C=O) groups is 3. The maximum absolute atomic E-state index is 12.1. The van der Waals surface area contributed by atoms with Crippen molar-refractivity contribution in [1.82, 2.24) is 10.2 Å². The molecule has 1 heterocycles. The van der Waals surface area contributed by atoms with Crippen LogP contribution in [0.5, 0.6) is 0 Å². The predicted octanol–water partition coefficient (Wildman–Crippen LogP) is 0.629. The number of likely N-dealkylation sites (tertiary alicyclic amines) is 1. The lowest BCUT2D eigenvalue weighted by Gasteiger charge is -2.29. The van der Waals surface area contributed by atoms with Crippen LogP contribution < -0.4 is 5.32 Å². The third-order valence-electron chi connectivity index (χ3n) is 3.59. The molecular formula is C15H26N2O5. The summed E-state index contributed by atoms with van der Waals surface area (Å²) in [5.74, 6) is -2.00. The Hall–Kier alpha value is -1.63. The molecule has 7 heteroatoms. The summed E-state index contributed by atoms with van der Waals surface area (Å²) < 4.78 is 5.49. The minimum absolute atomic E-state index is 0.0886. The molecule has 2 amide bonds. The topological polar surface area (TPSA) is 95.9 Å². The third-order valence-corrected chi connectivity index (χ3v) is 3.59. The van der Waals surface area contributed by atoms with Crippen LogP contribution in [0, 0.1) is 5.92 Å². The monoisotopic (exact) mass is 314 g/mol. The number of nitrogens with zero attached hydrogens (tertiary/aromatic N) is 1. The summed E-state index contributed by atoms with van der Waals surface area (Å²) in [4.78, 5) is 36.6. The highest BCUT2D eigenvalue weighted by Gasteiger charge is 2.31. The number of hydrogen-bond acceptors (Lipinski definition) is 4. The van der Waals surface area contributed by atoms with Gasteiger partial charge in [-0.3, -0.25) is 9.59 Å². The number of carboxylic acids is 1. The fourth-order valence-electron chi connectivity index (χ4n) is 2.20. The SMILES string of the molecule is CN1CCC(C(=O)NC(CCOC(C)(C)C)C(=O)O)CC1=O. The maximum Gasteiger partial charge on any atom is 0.326 e. The molecule has 0 bridgehead atoms. The van der Waals surface area contributed by atoms with Gasteiger partial charge in [-0.25, -0.2) is 4.79 Å². The number of carboxylic acid groups (broad SMARTS) is 1. The average molecular weight is 314 g/mol. The van der Waals surface area contributed by atoms with E-state index in [1.807, 2.05) is 20.8 Å². The molecule has 0 aromatic rings. The van der Waals surface area contributed by atoms with Crippen LogP contribution in [0.3, 0.4) is 0 Å². The summed E-state index contributed by atoms with van der Waals surface area (Å²) >= 11 is 0. The van der Waals surface area contributed by atoms with E-state index in [1.165, 1.54) is 0 Å². The lowest BCUT2D eigenvalue weighted by molar-refractivity contribution is -0.145. The van der Waals surface area contributed by atoms with Gasteiger partial charge in [0.1, 0.15) is 6.04 Å². The van der Waals surface area contributed by atoms with Crippen molar-refractivity contribution in [2.45, 2.75) is 51.7 Å². The highest BCUT2D eigenvalue weighted by atomic mass is 16.5. The lowest BCUT2D eigenvalue weighted by atomic mass is 9.95. The van der Waals surface area contributed by atoms with Gasteiger partial charge < -0.3 is 20.1 Å². The fraction of sp³-hybridized carbons (Fsp3) is 0.800. The Kier molecular flexibility index (Phi) is 6.34. The summed E-state index contributed by atoms with van der Waals surface area (Å²) in [6, 6.07) is -0.996. The van der Waals surface area contributed by atoms with Crippen molar-refractivity contribution in [2.24, 2.45) is 5.92 Å². The number of aliphatic carboxylic acids is 1. The second kappa shape index (κ2) is 7.58. The van der Waals surface area contributed by atoms with Crippen LogP contribution in [-0.4, -0.2) is 59.6 Å². The smallest absolute Gasteiger partial charge is 0.326 e. The van der Waals surface area contributed by atoms with Crippen molar-refractivity contribution in [3.63, 3.8) is 0 Å². The molecule has 1 aliphatic rings. The highest BCUT2D eigenvalue weighted by molar-refractivity contribution is 5.89. The van der Waals surface area contributed by atoms with Crippen LogP contribution >= 0.6 is 0 Å².